The summed E-state index contributed by atoms with van der Waals surface area (Å²) in [5.74, 6) is -0.259. The normalized spacial score (nSPS) is 14.4. The lowest BCUT2D eigenvalue weighted by atomic mass is 10.0. The van der Waals surface area contributed by atoms with E-state index in [1.54, 1.807) is 4.90 Å². The summed E-state index contributed by atoms with van der Waals surface area (Å²) in [7, 11) is -1.45. The van der Waals surface area contributed by atoms with E-state index in [1.807, 2.05) is 24.3 Å². The minimum atomic E-state index is -3.96. The van der Waals surface area contributed by atoms with E-state index >= 15 is 0 Å². The van der Waals surface area contributed by atoms with Gasteiger partial charge in [-0.2, -0.15) is 0 Å². The van der Waals surface area contributed by atoms with Crippen LogP contribution < -0.4 is 4.90 Å². The Labute approximate surface area is 157 Å². The van der Waals surface area contributed by atoms with Crippen LogP contribution in [0.1, 0.15) is 22.3 Å². The Balaban J connectivity index is 2.01. The van der Waals surface area contributed by atoms with Gasteiger partial charge in [0.1, 0.15) is 4.90 Å². The van der Waals surface area contributed by atoms with Crippen LogP contribution in [0.5, 0.6) is 0 Å². The van der Waals surface area contributed by atoms with E-state index in [9.17, 15) is 13.2 Å². The van der Waals surface area contributed by atoms with Crippen LogP contribution in [0.2, 0.25) is 5.02 Å². The summed E-state index contributed by atoms with van der Waals surface area (Å²) in [5.41, 5.74) is 2.22. The Morgan fingerprint density at radius 1 is 1.23 bits per heavy atom. The number of aryl methyl sites for hydroxylation is 1. The van der Waals surface area contributed by atoms with Crippen LogP contribution in [-0.2, 0) is 21.3 Å². The van der Waals surface area contributed by atoms with E-state index in [1.165, 1.54) is 32.4 Å². The van der Waals surface area contributed by atoms with Crippen LogP contribution in [0.15, 0.2) is 47.4 Å². The van der Waals surface area contributed by atoms with Crippen molar-refractivity contribution in [3.05, 3.63) is 58.6 Å². The highest BCUT2D eigenvalue weighted by molar-refractivity contribution is 7.89. The summed E-state index contributed by atoms with van der Waals surface area (Å²) >= 11 is 6.07. The number of halogens is 1. The lowest BCUT2D eigenvalue weighted by Crippen LogP contribution is -2.35. The van der Waals surface area contributed by atoms with E-state index in [2.05, 4.69) is 0 Å². The molecule has 2 aromatic carbocycles. The monoisotopic (exact) mass is 394 g/mol. The van der Waals surface area contributed by atoms with Crippen molar-refractivity contribution in [2.45, 2.75) is 17.7 Å². The number of hydrogen-bond donors (Lipinski definition) is 0. The molecule has 0 aliphatic carbocycles. The van der Waals surface area contributed by atoms with Crippen molar-refractivity contribution in [1.82, 2.24) is 4.47 Å². The van der Waals surface area contributed by atoms with Crippen molar-refractivity contribution in [3.8, 4) is 0 Å². The zero-order chi connectivity index (χ0) is 18.9. The number of hydroxylamine groups is 1. The minimum absolute atomic E-state index is 0.0319. The molecule has 3 rings (SSSR count). The van der Waals surface area contributed by atoms with Gasteiger partial charge >= 0.3 is 0 Å². The van der Waals surface area contributed by atoms with E-state index in [-0.39, 0.29) is 21.4 Å². The molecule has 0 spiro atoms. The number of anilines is 1. The third-order valence-electron chi connectivity index (χ3n) is 4.41. The van der Waals surface area contributed by atoms with Crippen LogP contribution in [-0.4, -0.2) is 39.5 Å². The van der Waals surface area contributed by atoms with Gasteiger partial charge in [-0.1, -0.05) is 34.3 Å². The highest BCUT2D eigenvalue weighted by atomic mass is 35.5. The van der Waals surface area contributed by atoms with Gasteiger partial charge in [0.15, 0.2) is 0 Å². The summed E-state index contributed by atoms with van der Waals surface area (Å²) in [6.45, 7) is 0.582. The molecule has 6 nitrogen and oxygen atoms in total. The highest BCUT2D eigenvalue weighted by Gasteiger charge is 2.28. The first-order valence-electron chi connectivity index (χ1n) is 8.08. The fraction of sp³-hybridized carbons (Fsp3) is 0.278. The molecule has 0 saturated carbocycles. The van der Waals surface area contributed by atoms with Gasteiger partial charge in [-0.25, -0.2) is 8.42 Å². The van der Waals surface area contributed by atoms with Gasteiger partial charge in [-0.3, -0.25) is 9.63 Å². The maximum absolute atomic E-state index is 13.0. The topological polar surface area (TPSA) is 66.9 Å². The molecule has 26 heavy (non-hydrogen) atoms. The third-order valence-corrected chi connectivity index (χ3v) is 6.57. The second-order valence-electron chi connectivity index (χ2n) is 5.93. The average Bonchev–Trinajstić information content (AvgIpc) is 2.66. The number of benzene rings is 2. The number of para-hydroxylation sites is 1. The Kier molecular flexibility index (Phi) is 5.34. The van der Waals surface area contributed by atoms with Gasteiger partial charge in [0.25, 0.3) is 15.9 Å². The standard InChI is InChI=1S/C18H19ClN2O4S/c1-20(25-2)26(23,24)17-12-14(9-10-15(17)19)18(22)21-11-5-7-13-6-3-4-8-16(13)21/h3-4,6,8-10,12H,5,7,11H2,1-2H3. The molecule has 0 radical (unpaired) electrons. The molecule has 0 unspecified atom stereocenters. The predicted molar refractivity (Wildman–Crippen MR) is 99.8 cm³/mol. The average molecular weight is 395 g/mol. The summed E-state index contributed by atoms with van der Waals surface area (Å²) in [6, 6.07) is 12.0. The van der Waals surface area contributed by atoms with Gasteiger partial charge in [0.2, 0.25) is 0 Å². The lowest BCUT2D eigenvalue weighted by molar-refractivity contribution is -0.0258. The Bertz CT molecular complexity index is 946. The Morgan fingerprint density at radius 2 is 1.96 bits per heavy atom. The van der Waals surface area contributed by atoms with Crippen molar-refractivity contribution in [3.63, 3.8) is 0 Å². The molecule has 1 aliphatic rings. The quantitative estimate of drug-likeness (QED) is 0.747. The number of carbonyl (C=O) groups is 1. The maximum Gasteiger partial charge on any atom is 0.266 e. The number of rotatable bonds is 4. The molecule has 1 amide bonds. The Hall–Kier alpha value is -1.93. The number of hydrogen-bond acceptors (Lipinski definition) is 4. The van der Waals surface area contributed by atoms with Crippen LogP contribution in [0.3, 0.4) is 0 Å². The SMILES string of the molecule is CON(C)S(=O)(=O)c1cc(C(=O)N2CCCc3ccccc32)ccc1Cl. The molecule has 0 N–H and O–H groups in total. The van der Waals surface area contributed by atoms with Gasteiger partial charge in [0, 0.05) is 24.8 Å². The van der Waals surface area contributed by atoms with Crippen LogP contribution >= 0.6 is 11.6 Å². The zero-order valence-corrected chi connectivity index (χ0v) is 16.0. The third kappa shape index (κ3) is 3.35. The molecule has 0 aromatic heterocycles. The van der Waals surface area contributed by atoms with Crippen molar-refractivity contribution in [2.75, 3.05) is 25.6 Å². The van der Waals surface area contributed by atoms with Gasteiger partial charge < -0.3 is 4.90 Å². The summed E-state index contributed by atoms with van der Waals surface area (Å²) in [5, 5.41) is 0.0319. The molecular weight excluding hydrogens is 376 g/mol. The first-order valence-corrected chi connectivity index (χ1v) is 9.90. The molecule has 0 fully saturated rings. The molecule has 8 heteroatoms. The summed E-state index contributed by atoms with van der Waals surface area (Å²) in [4.78, 5) is 19.3. The summed E-state index contributed by atoms with van der Waals surface area (Å²) < 4.78 is 25.8. The van der Waals surface area contributed by atoms with E-state index in [4.69, 9.17) is 16.4 Å². The van der Waals surface area contributed by atoms with E-state index in [0.717, 1.165) is 24.1 Å². The molecule has 138 valence electrons. The maximum atomic E-state index is 13.0. The molecule has 0 saturated heterocycles. The van der Waals surface area contributed by atoms with Crippen molar-refractivity contribution < 1.29 is 18.0 Å². The van der Waals surface area contributed by atoms with Crippen molar-refractivity contribution >= 4 is 33.2 Å². The van der Waals surface area contributed by atoms with Gasteiger partial charge in [0.05, 0.1) is 12.1 Å². The number of fused-ring (bicyclic) bond motifs is 1. The predicted octanol–water partition coefficient (Wildman–Crippen LogP) is 3.11. The molecule has 1 aliphatic heterocycles. The minimum Gasteiger partial charge on any atom is -0.308 e. The zero-order valence-electron chi connectivity index (χ0n) is 14.5. The number of carbonyl (C=O) groups excluding carboxylic acids is 1. The molecule has 0 atom stereocenters. The Morgan fingerprint density at radius 3 is 2.69 bits per heavy atom. The highest BCUT2D eigenvalue weighted by Crippen LogP contribution is 2.30. The molecular formula is C18H19ClN2O4S. The fourth-order valence-electron chi connectivity index (χ4n) is 2.97. The van der Waals surface area contributed by atoms with Crippen LogP contribution in [0.25, 0.3) is 0 Å². The van der Waals surface area contributed by atoms with E-state index in [0.29, 0.717) is 11.0 Å². The number of amides is 1. The molecule has 0 bridgehead atoms. The first-order chi connectivity index (χ1) is 12.4. The molecule has 2 aromatic rings. The van der Waals surface area contributed by atoms with Gasteiger partial charge in [-0.15, -0.1) is 0 Å². The fourth-order valence-corrected chi connectivity index (χ4v) is 4.44. The van der Waals surface area contributed by atoms with Crippen molar-refractivity contribution in [1.29, 1.82) is 0 Å². The molecule has 1 heterocycles. The first kappa shape index (κ1) is 18.8. The second-order valence-corrected chi connectivity index (χ2v) is 8.24. The smallest absolute Gasteiger partial charge is 0.266 e. The van der Waals surface area contributed by atoms with E-state index < -0.39 is 10.0 Å². The lowest BCUT2D eigenvalue weighted by Gasteiger charge is -2.29. The summed E-state index contributed by atoms with van der Waals surface area (Å²) in [6.07, 6.45) is 1.77. The number of sulfonamides is 1. The van der Waals surface area contributed by atoms with Crippen LogP contribution in [0, 0.1) is 0 Å². The largest absolute Gasteiger partial charge is 0.308 e. The van der Waals surface area contributed by atoms with Crippen LogP contribution in [0.4, 0.5) is 5.69 Å². The number of nitrogens with zero attached hydrogens (tertiary/aromatic N) is 2. The second kappa shape index (κ2) is 7.36. The van der Waals surface area contributed by atoms with Gasteiger partial charge in [-0.05, 0) is 42.7 Å². The van der Waals surface area contributed by atoms with Crippen molar-refractivity contribution in [2.24, 2.45) is 0 Å².